The summed E-state index contributed by atoms with van der Waals surface area (Å²) in [6.07, 6.45) is -3.17. The Balaban J connectivity index is 0.00000342. The van der Waals surface area contributed by atoms with Gasteiger partial charge in [0.05, 0.1) is 23.8 Å². The summed E-state index contributed by atoms with van der Waals surface area (Å²) in [5, 5.41) is 23.1. The van der Waals surface area contributed by atoms with Crippen molar-refractivity contribution in [3.63, 3.8) is 0 Å². The van der Waals surface area contributed by atoms with Crippen LogP contribution < -0.4 is 21.5 Å². The van der Waals surface area contributed by atoms with Gasteiger partial charge in [-0.1, -0.05) is 6.07 Å². The molecule has 2 amide bonds. The van der Waals surface area contributed by atoms with E-state index in [0.29, 0.717) is 28.0 Å². The topological polar surface area (TPSA) is 151 Å². The lowest BCUT2D eigenvalue weighted by Gasteiger charge is -2.34. The second-order valence-corrected chi connectivity index (χ2v) is 7.88. The third-order valence-electron chi connectivity index (χ3n) is 5.81. The molecule has 1 aliphatic heterocycles. The Morgan fingerprint density at radius 3 is 2.71 bits per heavy atom. The number of aliphatic hydroxyl groups is 1. The molecule has 2 atom stereocenters. The average Bonchev–Trinajstić information content (AvgIpc) is 2.85. The molecule has 1 saturated heterocycles. The highest BCUT2D eigenvalue weighted by Gasteiger charge is 2.39. The number of ether oxygens (including phenoxy) is 1. The Labute approximate surface area is 206 Å². The van der Waals surface area contributed by atoms with Crippen molar-refractivity contribution >= 4 is 46.5 Å². The van der Waals surface area contributed by atoms with Crippen LogP contribution >= 0.6 is 12.4 Å². The number of pyridine rings is 1. The number of morpholine rings is 1. The highest BCUT2D eigenvalue weighted by Crippen LogP contribution is 2.25. The third-order valence-corrected chi connectivity index (χ3v) is 5.81. The number of nitriles is 1. The van der Waals surface area contributed by atoms with E-state index in [1.54, 1.807) is 37.4 Å². The first kappa shape index (κ1) is 25.9. The Morgan fingerprint density at radius 1 is 1.26 bits per heavy atom. The van der Waals surface area contributed by atoms with Gasteiger partial charge in [-0.05, 0) is 47.3 Å². The second-order valence-electron chi connectivity index (χ2n) is 7.88. The number of amides is 2. The predicted octanol–water partition coefficient (Wildman–Crippen LogP) is 1.02. The van der Waals surface area contributed by atoms with E-state index in [4.69, 9.17) is 15.7 Å². The number of hydrogen-bond acceptors (Lipinski definition) is 7. The van der Waals surface area contributed by atoms with Crippen molar-refractivity contribution in [3.8, 4) is 6.07 Å². The summed E-state index contributed by atoms with van der Waals surface area (Å²) in [5.74, 6) is -1.40. The van der Waals surface area contributed by atoms with Gasteiger partial charge in [0.1, 0.15) is 0 Å². The van der Waals surface area contributed by atoms with E-state index in [1.807, 2.05) is 6.07 Å². The van der Waals surface area contributed by atoms with Crippen molar-refractivity contribution in [1.29, 1.82) is 5.26 Å². The van der Waals surface area contributed by atoms with E-state index >= 15 is 0 Å². The Morgan fingerprint density at radius 2 is 2.00 bits per heavy atom. The smallest absolute Gasteiger partial charge is 0.259 e. The zero-order valence-corrected chi connectivity index (χ0v) is 19.6. The summed E-state index contributed by atoms with van der Waals surface area (Å²) in [6.45, 7) is 0.442. The summed E-state index contributed by atoms with van der Waals surface area (Å²) >= 11 is 0. The van der Waals surface area contributed by atoms with E-state index in [9.17, 15) is 19.5 Å². The molecule has 1 fully saturated rings. The van der Waals surface area contributed by atoms with Crippen molar-refractivity contribution in [2.24, 2.45) is 12.8 Å². The number of carbonyl (C=O) groups is 2. The van der Waals surface area contributed by atoms with Gasteiger partial charge in [0.15, 0.2) is 12.2 Å². The first-order valence-corrected chi connectivity index (χ1v) is 10.6. The lowest BCUT2D eigenvalue weighted by molar-refractivity contribution is -0.150. The number of anilines is 2. The number of fused-ring (bicyclic) bond motifs is 1. The van der Waals surface area contributed by atoms with Gasteiger partial charge in [-0.25, -0.2) is 0 Å². The number of carbonyl (C=O) groups excluding carboxylic acids is 2. The van der Waals surface area contributed by atoms with Crippen LogP contribution in [0.2, 0.25) is 0 Å². The molecular weight excluding hydrogens is 474 g/mol. The molecule has 0 unspecified atom stereocenters. The van der Waals surface area contributed by atoms with Crippen LogP contribution in [0.5, 0.6) is 0 Å². The maximum atomic E-state index is 13.1. The summed E-state index contributed by atoms with van der Waals surface area (Å²) in [4.78, 5) is 39.2. The zero-order chi connectivity index (χ0) is 24.4. The van der Waals surface area contributed by atoms with Crippen molar-refractivity contribution in [2.45, 2.75) is 18.8 Å². The molecule has 4 rings (SSSR count). The first-order valence-electron chi connectivity index (χ1n) is 10.6. The molecule has 2 aromatic carbocycles. The van der Waals surface area contributed by atoms with Gasteiger partial charge in [0, 0.05) is 37.6 Å². The van der Waals surface area contributed by atoms with Gasteiger partial charge in [0.2, 0.25) is 0 Å². The van der Waals surface area contributed by atoms with E-state index in [0.717, 1.165) is 5.39 Å². The van der Waals surface area contributed by atoms with Gasteiger partial charge in [-0.3, -0.25) is 14.4 Å². The molecule has 0 spiro atoms. The molecule has 2 heterocycles. The first-order chi connectivity index (χ1) is 16.3. The van der Waals surface area contributed by atoms with Crippen molar-refractivity contribution in [3.05, 3.63) is 70.0 Å². The van der Waals surface area contributed by atoms with Crippen LogP contribution in [0.25, 0.3) is 10.9 Å². The van der Waals surface area contributed by atoms with Crippen LogP contribution in [0.15, 0.2) is 53.3 Å². The van der Waals surface area contributed by atoms with E-state index < -0.39 is 24.0 Å². The normalized spacial score (nSPS) is 16.3. The number of aliphatic hydroxyl groups excluding tert-OH is 1. The fourth-order valence-electron chi connectivity index (χ4n) is 3.91. The van der Waals surface area contributed by atoms with E-state index in [1.165, 1.54) is 27.7 Å². The second kappa shape index (κ2) is 10.7. The molecule has 1 aliphatic rings. The monoisotopic (exact) mass is 497 g/mol. The molecule has 182 valence electrons. The summed E-state index contributed by atoms with van der Waals surface area (Å²) in [5.41, 5.74) is 7.90. The van der Waals surface area contributed by atoms with Gasteiger partial charge in [-0.15, -0.1) is 12.4 Å². The maximum absolute atomic E-state index is 13.1. The standard InChI is InChI=1S/C24H23N5O5.ClH/c1-28-19-11-18(6-3-14(19)4-7-20(28)30)29-8-9-34-22(24(29)33)21(31)23(32)27-17-5-2-15(12-25)16(10-17)13-26;/h2-7,10-11,21-22,31H,8-9,13,26H2,1H3,(H,27,32);1H/t21-,22-;/m1./s1. The number of nitrogens with two attached hydrogens (primary N) is 1. The Kier molecular flexibility index (Phi) is 7.89. The lowest BCUT2D eigenvalue weighted by atomic mass is 10.1. The Hall–Kier alpha value is -3.75. The van der Waals surface area contributed by atoms with Gasteiger partial charge in [0.25, 0.3) is 17.4 Å². The minimum absolute atomic E-state index is 0. The number of halogens is 1. The fraction of sp³-hybridized carbons (Fsp3) is 0.250. The van der Waals surface area contributed by atoms with Crippen LogP contribution in [-0.4, -0.2) is 46.8 Å². The maximum Gasteiger partial charge on any atom is 0.259 e. The fourth-order valence-corrected chi connectivity index (χ4v) is 3.91. The van der Waals surface area contributed by atoms with Crippen molar-refractivity contribution in [2.75, 3.05) is 23.4 Å². The SMILES string of the molecule is Cl.Cn1c(=O)ccc2ccc(N3CCO[C@H]([C@@H](O)C(=O)Nc4ccc(C#N)c(CN)c4)C3=O)cc21. The number of nitrogens with zero attached hydrogens (tertiary/aromatic N) is 3. The molecule has 4 N–H and O–H groups in total. The molecule has 0 aliphatic carbocycles. The molecule has 0 bridgehead atoms. The molecule has 35 heavy (non-hydrogen) atoms. The average molecular weight is 498 g/mol. The summed E-state index contributed by atoms with van der Waals surface area (Å²) in [7, 11) is 1.64. The van der Waals surface area contributed by atoms with Gasteiger partial charge in [-0.2, -0.15) is 5.26 Å². The third kappa shape index (κ3) is 5.03. The Bertz CT molecular complexity index is 1380. The summed E-state index contributed by atoms with van der Waals surface area (Å²) < 4.78 is 6.94. The highest BCUT2D eigenvalue weighted by atomic mass is 35.5. The van der Waals surface area contributed by atoms with Crippen LogP contribution in [0, 0.1) is 11.3 Å². The lowest BCUT2D eigenvalue weighted by Crippen LogP contribution is -2.55. The number of aryl methyl sites for hydroxylation is 1. The van der Waals surface area contributed by atoms with Crippen molar-refractivity contribution in [1.82, 2.24) is 4.57 Å². The molecule has 11 heteroatoms. The van der Waals surface area contributed by atoms with Crippen LogP contribution in [0.1, 0.15) is 11.1 Å². The summed E-state index contributed by atoms with van der Waals surface area (Å²) in [6, 6.07) is 15.0. The molecule has 0 radical (unpaired) electrons. The molecule has 10 nitrogen and oxygen atoms in total. The van der Waals surface area contributed by atoms with Crippen LogP contribution in [0.3, 0.4) is 0 Å². The molecule has 1 aromatic heterocycles. The van der Waals surface area contributed by atoms with Gasteiger partial charge >= 0.3 is 0 Å². The van der Waals surface area contributed by atoms with E-state index in [2.05, 4.69) is 5.32 Å². The number of hydrogen-bond donors (Lipinski definition) is 3. The molecular formula is C24H24ClN5O5. The number of aromatic nitrogens is 1. The largest absolute Gasteiger partial charge is 0.380 e. The predicted molar refractivity (Wildman–Crippen MR) is 132 cm³/mol. The molecule has 3 aromatic rings. The number of nitrogens with one attached hydrogen (secondary N) is 1. The minimum atomic E-state index is -1.77. The minimum Gasteiger partial charge on any atom is -0.380 e. The van der Waals surface area contributed by atoms with Crippen LogP contribution in [-0.2, 0) is 27.9 Å². The zero-order valence-electron chi connectivity index (χ0n) is 18.8. The van der Waals surface area contributed by atoms with Crippen molar-refractivity contribution < 1.29 is 19.4 Å². The van der Waals surface area contributed by atoms with Crippen LogP contribution in [0.4, 0.5) is 11.4 Å². The van der Waals surface area contributed by atoms with Gasteiger partial charge < -0.3 is 30.4 Å². The number of benzene rings is 2. The quantitative estimate of drug-likeness (QED) is 0.476. The van der Waals surface area contributed by atoms with E-state index in [-0.39, 0.29) is 37.7 Å². The number of rotatable bonds is 5. The molecule has 0 saturated carbocycles. The highest BCUT2D eigenvalue weighted by molar-refractivity contribution is 6.04.